The molecule has 0 amide bonds. The zero-order valence-electron chi connectivity index (χ0n) is 24.6. The molecule has 0 unspecified atom stereocenters. The maximum Gasteiger partial charge on any atom is 0.201 e. The molecule has 5 heteroatoms. The summed E-state index contributed by atoms with van der Waals surface area (Å²) in [5.41, 5.74) is 6.61. The van der Waals surface area contributed by atoms with E-state index in [1.807, 2.05) is 19.2 Å². The molecule has 44 heavy (non-hydrogen) atoms. The summed E-state index contributed by atoms with van der Waals surface area (Å²) in [5.74, 6) is 0. The standard InChI is InChI=1S/C39H32N4Si/c1-28-25-36(42-41-28)29-22-23-35-34-19-8-9-20-37(34)43(38(35)26-29)30-13-12-18-33(27-30)44(31-14-4-2-5-15-31,32-16-6-3-7-17-32)39-21-10-11-24-40-39/h2,4-6,8-27H,3,7H2,1H3,(H,41,42)/t44-/m0/s1. The van der Waals surface area contributed by atoms with Gasteiger partial charge in [-0.3, -0.25) is 10.1 Å². The van der Waals surface area contributed by atoms with Crippen molar-refractivity contribution < 1.29 is 0 Å². The molecule has 4 nitrogen and oxygen atoms in total. The molecule has 0 bridgehead atoms. The Balaban J connectivity index is 1.42. The Morgan fingerprint density at radius 3 is 2.32 bits per heavy atom. The SMILES string of the molecule is Cc1cc(-c2ccc3c4ccccc4n(-c4cccc([Si@@](C5=CCCC=C5)(c5ccccc5)c5ccccn5)c4)c3c2)n[nH]1. The van der Waals surface area contributed by atoms with Gasteiger partial charge in [-0.1, -0.05) is 97.1 Å². The van der Waals surface area contributed by atoms with Gasteiger partial charge in [0.1, 0.15) is 0 Å². The zero-order valence-corrected chi connectivity index (χ0v) is 25.6. The lowest BCUT2D eigenvalue weighted by molar-refractivity contribution is 1.03. The molecule has 0 spiro atoms. The molecule has 7 aromatic rings. The molecule has 1 N–H and O–H groups in total. The summed E-state index contributed by atoms with van der Waals surface area (Å²) in [6.45, 7) is 2.04. The molecule has 4 aromatic carbocycles. The second kappa shape index (κ2) is 10.8. The van der Waals surface area contributed by atoms with Crippen molar-refractivity contribution in [1.82, 2.24) is 19.7 Å². The lowest BCUT2D eigenvalue weighted by Gasteiger charge is -2.35. The van der Waals surface area contributed by atoms with Crippen molar-refractivity contribution in [3.05, 3.63) is 157 Å². The van der Waals surface area contributed by atoms with Gasteiger partial charge >= 0.3 is 0 Å². The van der Waals surface area contributed by atoms with Crippen LogP contribution in [0.1, 0.15) is 18.5 Å². The number of para-hydroxylation sites is 1. The Morgan fingerprint density at radius 2 is 1.52 bits per heavy atom. The Bertz CT molecular complexity index is 2150. The van der Waals surface area contributed by atoms with Gasteiger partial charge in [0.05, 0.1) is 16.7 Å². The normalized spacial score (nSPS) is 14.5. The summed E-state index contributed by atoms with van der Waals surface area (Å²) in [6, 6.07) is 44.2. The highest BCUT2D eigenvalue weighted by Crippen LogP contribution is 2.35. The largest absolute Gasteiger partial charge is 0.309 e. The van der Waals surface area contributed by atoms with E-state index < -0.39 is 8.07 Å². The fourth-order valence-electron chi connectivity index (χ4n) is 6.96. The first-order chi connectivity index (χ1) is 21.7. The minimum atomic E-state index is -2.73. The molecule has 3 heterocycles. The number of H-pyrrole nitrogens is 1. The number of allylic oxidation sites excluding steroid dienone is 4. The summed E-state index contributed by atoms with van der Waals surface area (Å²) >= 11 is 0. The third-order valence-electron chi connectivity index (χ3n) is 8.90. The van der Waals surface area contributed by atoms with Gasteiger partial charge in [0.15, 0.2) is 0 Å². The van der Waals surface area contributed by atoms with Crippen LogP contribution in [-0.2, 0) is 0 Å². The maximum absolute atomic E-state index is 5.09. The minimum Gasteiger partial charge on any atom is -0.309 e. The molecular formula is C39H32N4Si. The second-order valence-electron chi connectivity index (χ2n) is 11.5. The van der Waals surface area contributed by atoms with Crippen LogP contribution < -0.4 is 15.7 Å². The molecule has 0 fully saturated rings. The molecule has 1 atom stereocenters. The summed E-state index contributed by atoms with van der Waals surface area (Å²) < 4.78 is 2.42. The molecule has 1 aliphatic carbocycles. The fourth-order valence-corrected chi connectivity index (χ4v) is 11.7. The fraction of sp³-hybridized carbons (Fsp3) is 0.0769. The van der Waals surface area contributed by atoms with Crippen LogP contribution in [0.25, 0.3) is 38.8 Å². The average Bonchev–Trinajstić information content (AvgIpc) is 3.67. The number of rotatable bonds is 6. The lowest BCUT2D eigenvalue weighted by Crippen LogP contribution is -2.69. The van der Waals surface area contributed by atoms with Gasteiger partial charge in [-0.2, -0.15) is 5.10 Å². The van der Waals surface area contributed by atoms with Crippen LogP contribution in [0.15, 0.2) is 151 Å². The Kier molecular flexibility index (Phi) is 6.46. The molecule has 212 valence electrons. The second-order valence-corrected chi connectivity index (χ2v) is 15.3. The van der Waals surface area contributed by atoms with Crippen LogP contribution in [-0.4, -0.2) is 27.8 Å². The van der Waals surface area contributed by atoms with E-state index in [1.54, 1.807) is 0 Å². The zero-order chi connectivity index (χ0) is 29.5. The van der Waals surface area contributed by atoms with Crippen LogP contribution in [0.4, 0.5) is 0 Å². The number of aromatic amines is 1. The number of nitrogens with zero attached hydrogens (tertiary/aromatic N) is 3. The van der Waals surface area contributed by atoms with Crippen molar-refractivity contribution in [2.45, 2.75) is 19.8 Å². The summed E-state index contributed by atoms with van der Waals surface area (Å²) in [6.07, 6.45) is 11.2. The lowest BCUT2D eigenvalue weighted by atomic mass is 10.1. The van der Waals surface area contributed by atoms with Crippen LogP contribution in [0.2, 0.25) is 0 Å². The first-order valence-electron chi connectivity index (χ1n) is 15.2. The molecule has 8 rings (SSSR count). The number of fused-ring (bicyclic) bond motifs is 3. The Morgan fingerprint density at radius 1 is 0.705 bits per heavy atom. The predicted molar refractivity (Wildman–Crippen MR) is 185 cm³/mol. The monoisotopic (exact) mass is 584 g/mol. The quantitative estimate of drug-likeness (QED) is 0.211. The van der Waals surface area contributed by atoms with E-state index in [0.717, 1.165) is 40.8 Å². The van der Waals surface area contributed by atoms with Gasteiger partial charge in [-0.15, -0.1) is 0 Å². The van der Waals surface area contributed by atoms with Gasteiger partial charge in [0.2, 0.25) is 8.07 Å². The van der Waals surface area contributed by atoms with Gasteiger partial charge in [0.25, 0.3) is 0 Å². The first kappa shape index (κ1) is 26.4. The number of hydrogen-bond donors (Lipinski definition) is 1. The third-order valence-corrected chi connectivity index (χ3v) is 13.6. The summed E-state index contributed by atoms with van der Waals surface area (Å²) in [5, 5.41) is 15.4. The number of nitrogens with one attached hydrogen (secondary N) is 1. The van der Waals surface area contributed by atoms with Crippen LogP contribution in [0, 0.1) is 6.92 Å². The number of aryl methyl sites for hydroxylation is 1. The Labute approximate surface area is 258 Å². The van der Waals surface area contributed by atoms with Gasteiger partial charge in [0, 0.05) is 39.2 Å². The first-order valence-corrected chi connectivity index (χ1v) is 17.2. The van der Waals surface area contributed by atoms with Crippen LogP contribution in [0.5, 0.6) is 0 Å². The van der Waals surface area contributed by atoms with E-state index in [1.165, 1.54) is 37.4 Å². The Hall–Kier alpha value is -5.26. The highest BCUT2D eigenvalue weighted by molar-refractivity contribution is 7.16. The highest BCUT2D eigenvalue weighted by Gasteiger charge is 2.44. The number of aromatic nitrogens is 4. The van der Waals surface area contributed by atoms with Crippen molar-refractivity contribution in [2.75, 3.05) is 0 Å². The van der Waals surface area contributed by atoms with Crippen molar-refractivity contribution >= 4 is 45.6 Å². The molecule has 0 saturated heterocycles. The predicted octanol–water partition coefficient (Wildman–Crippen LogP) is 7.16. The van der Waals surface area contributed by atoms with Gasteiger partial charge < -0.3 is 4.57 Å². The van der Waals surface area contributed by atoms with E-state index in [-0.39, 0.29) is 0 Å². The number of pyridine rings is 1. The van der Waals surface area contributed by atoms with E-state index in [4.69, 9.17) is 4.98 Å². The van der Waals surface area contributed by atoms with E-state index in [2.05, 4.69) is 148 Å². The van der Waals surface area contributed by atoms with Crippen molar-refractivity contribution in [2.24, 2.45) is 0 Å². The van der Waals surface area contributed by atoms with E-state index in [0.29, 0.717) is 0 Å². The molecule has 0 aliphatic heterocycles. The third kappa shape index (κ3) is 4.20. The van der Waals surface area contributed by atoms with E-state index in [9.17, 15) is 0 Å². The topological polar surface area (TPSA) is 46.5 Å². The summed E-state index contributed by atoms with van der Waals surface area (Å²) in [4.78, 5) is 5.09. The van der Waals surface area contributed by atoms with Crippen molar-refractivity contribution in [3.8, 4) is 16.9 Å². The van der Waals surface area contributed by atoms with Crippen molar-refractivity contribution in [1.29, 1.82) is 0 Å². The maximum atomic E-state index is 5.09. The van der Waals surface area contributed by atoms with Crippen LogP contribution in [0.3, 0.4) is 0 Å². The molecular weight excluding hydrogens is 553 g/mol. The number of benzene rings is 4. The average molecular weight is 585 g/mol. The van der Waals surface area contributed by atoms with Gasteiger partial charge in [-0.05, 0) is 77.8 Å². The van der Waals surface area contributed by atoms with Crippen LogP contribution >= 0.6 is 0 Å². The molecule has 0 radical (unpaired) electrons. The number of hydrogen-bond acceptors (Lipinski definition) is 2. The van der Waals surface area contributed by atoms with E-state index >= 15 is 0 Å². The molecule has 0 saturated carbocycles. The smallest absolute Gasteiger partial charge is 0.201 e. The van der Waals surface area contributed by atoms with Gasteiger partial charge in [-0.25, -0.2) is 0 Å². The highest BCUT2D eigenvalue weighted by atomic mass is 28.3. The summed E-state index contributed by atoms with van der Waals surface area (Å²) in [7, 11) is -2.73. The van der Waals surface area contributed by atoms with Crippen molar-refractivity contribution in [3.63, 3.8) is 0 Å². The minimum absolute atomic E-state index is 0.955. The molecule has 3 aromatic heterocycles. The molecule has 1 aliphatic rings.